The van der Waals surface area contributed by atoms with E-state index in [9.17, 15) is 0 Å². The summed E-state index contributed by atoms with van der Waals surface area (Å²) in [5.74, 6) is 1.59. The van der Waals surface area contributed by atoms with E-state index in [1.807, 2.05) is 12.1 Å². The van der Waals surface area contributed by atoms with E-state index in [4.69, 9.17) is 9.47 Å². The third-order valence-electron chi connectivity index (χ3n) is 3.40. The summed E-state index contributed by atoms with van der Waals surface area (Å²) in [4.78, 5) is 0. The Bertz CT molecular complexity index is 433. The van der Waals surface area contributed by atoms with Crippen LogP contribution in [0, 0.1) is 5.92 Å². The third kappa shape index (κ3) is 7.30. The van der Waals surface area contributed by atoms with Crippen LogP contribution in [-0.2, 0) is 11.3 Å². The van der Waals surface area contributed by atoms with Crippen molar-refractivity contribution in [2.75, 3.05) is 20.3 Å². The summed E-state index contributed by atoms with van der Waals surface area (Å²) in [6.45, 7) is 11.0. The van der Waals surface area contributed by atoms with Crippen LogP contribution in [0.25, 0.3) is 0 Å². The molecule has 0 aliphatic heterocycles. The van der Waals surface area contributed by atoms with Crippen molar-refractivity contribution in [2.45, 2.75) is 46.3 Å². The van der Waals surface area contributed by atoms with E-state index in [-0.39, 0.29) is 5.60 Å². The monoisotopic (exact) mass is 357 g/mol. The van der Waals surface area contributed by atoms with Crippen molar-refractivity contribution in [1.82, 2.24) is 5.32 Å². The van der Waals surface area contributed by atoms with Gasteiger partial charge in [-0.15, -0.1) is 0 Å². The van der Waals surface area contributed by atoms with Crippen LogP contribution in [0.1, 0.15) is 39.7 Å². The zero-order valence-electron chi connectivity index (χ0n) is 13.8. The van der Waals surface area contributed by atoms with Crippen LogP contribution in [-0.4, -0.2) is 25.9 Å². The Kier molecular flexibility index (Phi) is 7.71. The van der Waals surface area contributed by atoms with Gasteiger partial charge < -0.3 is 14.8 Å². The number of ether oxygens (including phenoxy) is 2. The first-order valence-electron chi connectivity index (χ1n) is 7.51. The lowest BCUT2D eigenvalue weighted by molar-refractivity contribution is 0.00537. The van der Waals surface area contributed by atoms with Crippen LogP contribution < -0.4 is 10.1 Å². The van der Waals surface area contributed by atoms with Crippen LogP contribution in [0.4, 0.5) is 0 Å². The van der Waals surface area contributed by atoms with Gasteiger partial charge in [0.15, 0.2) is 0 Å². The molecule has 0 aliphatic rings. The summed E-state index contributed by atoms with van der Waals surface area (Å²) in [6.07, 6.45) is 0.860. The quantitative estimate of drug-likeness (QED) is 0.710. The Labute approximate surface area is 137 Å². The standard InChI is InChI=1S/C17H28BrNO2/c1-13(2)11-19-12-14-10-15(18)6-7-16(14)21-9-8-17(3,4)20-5/h6-7,10,13,19H,8-9,11-12H2,1-5H3. The van der Waals surface area contributed by atoms with Crippen LogP contribution in [0.15, 0.2) is 22.7 Å². The van der Waals surface area contributed by atoms with Gasteiger partial charge in [-0.05, 0) is 44.5 Å². The Morgan fingerprint density at radius 2 is 2.00 bits per heavy atom. The molecule has 0 spiro atoms. The van der Waals surface area contributed by atoms with E-state index in [0.717, 1.165) is 29.7 Å². The molecule has 0 heterocycles. The molecule has 4 heteroatoms. The smallest absolute Gasteiger partial charge is 0.123 e. The van der Waals surface area contributed by atoms with Crippen molar-refractivity contribution in [3.8, 4) is 5.75 Å². The second-order valence-corrected chi connectivity index (χ2v) is 7.25. The zero-order valence-corrected chi connectivity index (χ0v) is 15.4. The van der Waals surface area contributed by atoms with Gasteiger partial charge in [-0.25, -0.2) is 0 Å². The van der Waals surface area contributed by atoms with E-state index in [2.05, 4.69) is 55.0 Å². The summed E-state index contributed by atoms with van der Waals surface area (Å²) >= 11 is 3.52. The summed E-state index contributed by atoms with van der Waals surface area (Å²) in [5, 5.41) is 3.46. The van der Waals surface area contributed by atoms with Crippen LogP contribution in [0.2, 0.25) is 0 Å². The Balaban J connectivity index is 2.60. The van der Waals surface area contributed by atoms with Crippen molar-refractivity contribution >= 4 is 15.9 Å². The van der Waals surface area contributed by atoms with Crippen molar-refractivity contribution in [3.63, 3.8) is 0 Å². The second-order valence-electron chi connectivity index (χ2n) is 6.34. The maximum atomic E-state index is 5.95. The Morgan fingerprint density at radius 3 is 2.62 bits per heavy atom. The van der Waals surface area contributed by atoms with Crippen molar-refractivity contribution < 1.29 is 9.47 Å². The van der Waals surface area contributed by atoms with E-state index in [0.29, 0.717) is 12.5 Å². The lowest BCUT2D eigenvalue weighted by Gasteiger charge is -2.23. The number of hydrogen-bond acceptors (Lipinski definition) is 3. The summed E-state index contributed by atoms with van der Waals surface area (Å²) in [7, 11) is 1.74. The molecule has 1 aromatic rings. The fourth-order valence-corrected chi connectivity index (χ4v) is 2.24. The molecule has 0 atom stereocenters. The molecule has 0 saturated carbocycles. The molecule has 0 amide bonds. The predicted molar refractivity (Wildman–Crippen MR) is 91.9 cm³/mol. The highest BCUT2D eigenvalue weighted by molar-refractivity contribution is 9.10. The molecule has 1 rings (SSSR count). The highest BCUT2D eigenvalue weighted by Gasteiger charge is 2.16. The predicted octanol–water partition coefficient (Wildman–Crippen LogP) is 4.39. The van der Waals surface area contributed by atoms with E-state index in [1.54, 1.807) is 7.11 Å². The fraction of sp³-hybridized carbons (Fsp3) is 0.647. The molecule has 0 unspecified atom stereocenters. The lowest BCUT2D eigenvalue weighted by atomic mass is 10.1. The van der Waals surface area contributed by atoms with Crippen LogP contribution in [0.5, 0.6) is 5.75 Å². The van der Waals surface area contributed by atoms with Crippen molar-refractivity contribution in [3.05, 3.63) is 28.2 Å². The van der Waals surface area contributed by atoms with E-state index < -0.39 is 0 Å². The third-order valence-corrected chi connectivity index (χ3v) is 3.90. The van der Waals surface area contributed by atoms with Gasteiger partial charge in [-0.1, -0.05) is 29.8 Å². The molecule has 1 N–H and O–H groups in total. The molecule has 120 valence electrons. The minimum Gasteiger partial charge on any atom is -0.493 e. The molecule has 0 aliphatic carbocycles. The highest BCUT2D eigenvalue weighted by atomic mass is 79.9. The first-order valence-corrected chi connectivity index (χ1v) is 8.30. The molecule has 3 nitrogen and oxygen atoms in total. The van der Waals surface area contributed by atoms with E-state index >= 15 is 0 Å². The van der Waals surface area contributed by atoms with E-state index in [1.165, 1.54) is 5.56 Å². The molecule has 0 radical (unpaired) electrons. The second kappa shape index (κ2) is 8.76. The molecule has 0 bridgehead atoms. The topological polar surface area (TPSA) is 30.5 Å². The number of halogens is 1. The number of methoxy groups -OCH3 is 1. The number of nitrogens with one attached hydrogen (secondary N) is 1. The molecule has 0 saturated heterocycles. The fourth-order valence-electron chi connectivity index (χ4n) is 1.83. The number of hydrogen-bond donors (Lipinski definition) is 1. The molecule has 21 heavy (non-hydrogen) atoms. The molecular weight excluding hydrogens is 330 g/mol. The number of rotatable bonds is 9. The minimum atomic E-state index is -0.147. The number of benzene rings is 1. The first-order chi connectivity index (χ1) is 9.84. The SMILES string of the molecule is COC(C)(C)CCOc1ccc(Br)cc1CNCC(C)C. The molecule has 1 aromatic carbocycles. The average Bonchev–Trinajstić information content (AvgIpc) is 2.40. The van der Waals surface area contributed by atoms with Gasteiger partial charge >= 0.3 is 0 Å². The summed E-state index contributed by atoms with van der Waals surface area (Å²) in [5.41, 5.74) is 1.03. The minimum absolute atomic E-state index is 0.147. The van der Waals surface area contributed by atoms with Gasteiger partial charge in [0.1, 0.15) is 5.75 Å². The van der Waals surface area contributed by atoms with Crippen LogP contribution >= 0.6 is 15.9 Å². The van der Waals surface area contributed by atoms with Gasteiger partial charge in [-0.2, -0.15) is 0 Å². The van der Waals surface area contributed by atoms with Crippen LogP contribution in [0.3, 0.4) is 0 Å². The van der Waals surface area contributed by atoms with Gasteiger partial charge in [0.05, 0.1) is 12.2 Å². The Morgan fingerprint density at radius 1 is 1.29 bits per heavy atom. The van der Waals surface area contributed by atoms with Crippen molar-refractivity contribution in [2.24, 2.45) is 5.92 Å². The largest absolute Gasteiger partial charge is 0.493 e. The maximum absolute atomic E-state index is 5.95. The normalized spacial score (nSPS) is 12.0. The van der Waals surface area contributed by atoms with Gasteiger partial charge in [0.25, 0.3) is 0 Å². The summed E-state index contributed by atoms with van der Waals surface area (Å²) < 4.78 is 12.4. The molecule has 0 fully saturated rings. The van der Waals surface area contributed by atoms with Gasteiger partial charge in [0.2, 0.25) is 0 Å². The summed E-state index contributed by atoms with van der Waals surface area (Å²) in [6, 6.07) is 6.16. The van der Waals surface area contributed by atoms with Gasteiger partial charge in [0, 0.05) is 30.1 Å². The van der Waals surface area contributed by atoms with Crippen molar-refractivity contribution in [1.29, 1.82) is 0 Å². The maximum Gasteiger partial charge on any atom is 0.123 e. The molecule has 0 aromatic heterocycles. The highest BCUT2D eigenvalue weighted by Crippen LogP contribution is 2.24. The molecular formula is C17H28BrNO2. The van der Waals surface area contributed by atoms with Gasteiger partial charge in [-0.3, -0.25) is 0 Å². The zero-order chi connectivity index (χ0) is 15.9. The average molecular weight is 358 g/mol. The Hall–Kier alpha value is -0.580. The first kappa shape index (κ1) is 18.5. The lowest BCUT2D eigenvalue weighted by Crippen LogP contribution is -2.25.